The van der Waals surface area contributed by atoms with Gasteiger partial charge in [0.15, 0.2) is 0 Å². The Bertz CT molecular complexity index is 164. The van der Waals surface area contributed by atoms with Crippen LogP contribution in [0.25, 0.3) is 0 Å². The van der Waals surface area contributed by atoms with Crippen molar-refractivity contribution in [3.63, 3.8) is 0 Å². The molecule has 0 aliphatic rings. The van der Waals surface area contributed by atoms with Gasteiger partial charge in [0.2, 0.25) is 6.29 Å². The highest BCUT2D eigenvalue weighted by Crippen LogP contribution is 1.99. The number of carbonyl (C=O) groups excluding carboxylic acids is 1. The first kappa shape index (κ1) is 10.2. The zero-order valence-corrected chi connectivity index (χ0v) is 7.42. The van der Waals surface area contributed by atoms with Crippen molar-refractivity contribution in [2.24, 2.45) is 5.92 Å². The summed E-state index contributed by atoms with van der Waals surface area (Å²) < 4.78 is 0. The van der Waals surface area contributed by atoms with Gasteiger partial charge in [-0.3, -0.25) is 4.79 Å². The maximum Gasteiger partial charge on any atom is 0.202 e. The van der Waals surface area contributed by atoms with E-state index in [-0.39, 0.29) is 0 Å². The molecule has 0 unspecified atom stereocenters. The van der Waals surface area contributed by atoms with Gasteiger partial charge < -0.3 is 0 Å². The van der Waals surface area contributed by atoms with E-state index in [0.29, 0.717) is 12.3 Å². The first-order valence-corrected chi connectivity index (χ1v) is 3.85. The lowest BCUT2D eigenvalue weighted by Gasteiger charge is -1.91. The van der Waals surface area contributed by atoms with Gasteiger partial charge in [0.05, 0.1) is 0 Å². The van der Waals surface area contributed by atoms with Gasteiger partial charge in [-0.05, 0) is 12.8 Å². The highest BCUT2D eigenvalue weighted by atomic mass is 16.1. The average Bonchev–Trinajstić information content (AvgIpc) is 1.87. The maximum absolute atomic E-state index is 9.92. The van der Waals surface area contributed by atoms with Crippen molar-refractivity contribution in [3.8, 4) is 0 Å². The Morgan fingerprint density at radius 3 is 2.64 bits per heavy atom. The first-order chi connectivity index (χ1) is 5.16. The van der Waals surface area contributed by atoms with Crippen LogP contribution < -0.4 is 0 Å². The highest BCUT2D eigenvalue weighted by Gasteiger charge is 1.85. The lowest BCUT2D eigenvalue weighted by molar-refractivity contribution is 0.555. The van der Waals surface area contributed by atoms with E-state index in [1.54, 1.807) is 0 Å². The van der Waals surface area contributed by atoms with Gasteiger partial charge in [0.1, 0.15) is 0 Å². The third kappa shape index (κ3) is 7.04. The van der Waals surface area contributed by atoms with Crippen LogP contribution in [0.4, 0.5) is 0 Å². The molecule has 0 rings (SSSR count). The van der Waals surface area contributed by atoms with Gasteiger partial charge in [-0.1, -0.05) is 37.6 Å². The van der Waals surface area contributed by atoms with Crippen LogP contribution in [0.1, 0.15) is 27.2 Å². The molecule has 0 amide bonds. The zero-order chi connectivity index (χ0) is 8.69. The van der Waals surface area contributed by atoms with Crippen LogP contribution in [0.3, 0.4) is 0 Å². The molecule has 0 aromatic heterocycles. The van der Waals surface area contributed by atoms with E-state index >= 15 is 0 Å². The molecule has 0 spiro atoms. The van der Waals surface area contributed by atoms with Crippen molar-refractivity contribution in [1.82, 2.24) is 0 Å². The summed E-state index contributed by atoms with van der Waals surface area (Å²) >= 11 is 0. The molecule has 0 heterocycles. The zero-order valence-electron chi connectivity index (χ0n) is 7.42. The van der Waals surface area contributed by atoms with Gasteiger partial charge in [-0.25, -0.2) is 0 Å². The molecule has 1 heteroatoms. The summed E-state index contributed by atoms with van der Waals surface area (Å²) in [5, 5.41) is 0. The average molecular weight is 151 g/mol. The molecule has 1 radical (unpaired) electrons. The number of hydrogen-bond donors (Lipinski definition) is 0. The van der Waals surface area contributed by atoms with Crippen molar-refractivity contribution in [2.45, 2.75) is 27.2 Å². The molecule has 0 aliphatic carbocycles. The molecule has 0 atom stereocenters. The topological polar surface area (TPSA) is 17.1 Å². The molecule has 0 aromatic rings. The molecule has 61 valence electrons. The van der Waals surface area contributed by atoms with E-state index in [1.165, 1.54) is 0 Å². The quantitative estimate of drug-likeness (QED) is 0.564. The Balaban J connectivity index is 3.80. The minimum Gasteiger partial charge on any atom is -0.291 e. The fourth-order valence-electron chi connectivity index (χ4n) is 0.615. The Labute approximate surface area is 68.8 Å². The van der Waals surface area contributed by atoms with Gasteiger partial charge in [-0.15, -0.1) is 0 Å². The summed E-state index contributed by atoms with van der Waals surface area (Å²) in [5.41, 5.74) is 1.05. The van der Waals surface area contributed by atoms with E-state index in [4.69, 9.17) is 0 Å². The SMILES string of the molecule is C/C(=C\C=C\C(C)C)C[C]=O. The molecular formula is C10H15O. The molecule has 1 nitrogen and oxygen atoms in total. The van der Waals surface area contributed by atoms with Gasteiger partial charge in [-0.2, -0.15) is 0 Å². The minimum atomic E-state index is 0.419. The molecule has 0 aromatic carbocycles. The van der Waals surface area contributed by atoms with E-state index < -0.39 is 0 Å². The molecule has 0 aliphatic heterocycles. The molecule has 11 heavy (non-hydrogen) atoms. The molecule has 0 N–H and O–H groups in total. The fraction of sp³-hybridized carbons (Fsp3) is 0.500. The largest absolute Gasteiger partial charge is 0.291 e. The first-order valence-electron chi connectivity index (χ1n) is 3.85. The lowest BCUT2D eigenvalue weighted by Crippen LogP contribution is -1.78. The van der Waals surface area contributed by atoms with Crippen LogP contribution in [0.15, 0.2) is 23.8 Å². The number of allylic oxidation sites excluding steroid dienone is 4. The second kappa shape index (κ2) is 5.90. The Morgan fingerprint density at radius 1 is 1.55 bits per heavy atom. The van der Waals surface area contributed by atoms with Crippen LogP contribution in [0, 0.1) is 5.92 Å². The van der Waals surface area contributed by atoms with Gasteiger partial charge >= 0.3 is 0 Å². The molecule has 0 saturated carbocycles. The summed E-state index contributed by atoms with van der Waals surface area (Å²) in [6, 6.07) is 0. The van der Waals surface area contributed by atoms with Crippen molar-refractivity contribution in [3.05, 3.63) is 23.8 Å². The Hall–Kier alpha value is -0.850. The summed E-state index contributed by atoms with van der Waals surface area (Å²) in [6.45, 7) is 6.16. The summed E-state index contributed by atoms with van der Waals surface area (Å²) in [5.74, 6) is 0.569. The van der Waals surface area contributed by atoms with E-state index in [2.05, 4.69) is 19.9 Å². The van der Waals surface area contributed by atoms with E-state index in [0.717, 1.165) is 5.57 Å². The van der Waals surface area contributed by atoms with Crippen molar-refractivity contribution in [1.29, 1.82) is 0 Å². The van der Waals surface area contributed by atoms with Crippen molar-refractivity contribution in [2.75, 3.05) is 0 Å². The van der Waals surface area contributed by atoms with Crippen molar-refractivity contribution >= 4 is 6.29 Å². The van der Waals surface area contributed by atoms with Crippen LogP contribution in [-0.4, -0.2) is 6.29 Å². The molecule has 0 saturated heterocycles. The monoisotopic (exact) mass is 151 g/mol. The second-order valence-electron chi connectivity index (χ2n) is 2.96. The maximum atomic E-state index is 9.92. The minimum absolute atomic E-state index is 0.419. The predicted molar refractivity (Wildman–Crippen MR) is 48.0 cm³/mol. The van der Waals surface area contributed by atoms with Crippen LogP contribution in [0.2, 0.25) is 0 Å². The molecular weight excluding hydrogens is 136 g/mol. The smallest absolute Gasteiger partial charge is 0.202 e. The van der Waals surface area contributed by atoms with Crippen molar-refractivity contribution < 1.29 is 4.79 Å². The predicted octanol–water partition coefficient (Wildman–Crippen LogP) is 2.64. The number of hydrogen-bond acceptors (Lipinski definition) is 1. The second-order valence-corrected chi connectivity index (χ2v) is 2.96. The molecule has 0 bridgehead atoms. The standard InChI is InChI=1S/C10H15O/c1-9(2)5-4-6-10(3)7-8-11/h4-6,9H,7H2,1-3H3/b5-4+,10-6+. The third-order valence-corrected chi connectivity index (χ3v) is 1.23. The van der Waals surface area contributed by atoms with Crippen LogP contribution >= 0.6 is 0 Å². The fourth-order valence-corrected chi connectivity index (χ4v) is 0.615. The third-order valence-electron chi connectivity index (χ3n) is 1.23. The van der Waals surface area contributed by atoms with Crippen LogP contribution in [-0.2, 0) is 4.79 Å². The summed E-state index contributed by atoms with van der Waals surface area (Å²) in [6.07, 6.45) is 8.30. The Morgan fingerprint density at radius 2 is 2.18 bits per heavy atom. The van der Waals surface area contributed by atoms with E-state index in [1.807, 2.05) is 25.4 Å². The molecule has 0 fully saturated rings. The van der Waals surface area contributed by atoms with Gasteiger partial charge in [0, 0.05) is 6.42 Å². The van der Waals surface area contributed by atoms with Crippen LogP contribution in [0.5, 0.6) is 0 Å². The summed E-state index contributed by atoms with van der Waals surface area (Å²) in [4.78, 5) is 9.92. The highest BCUT2D eigenvalue weighted by molar-refractivity contribution is 5.55. The Kier molecular flexibility index (Phi) is 5.44. The normalized spacial score (nSPS) is 12.9. The summed E-state index contributed by atoms with van der Waals surface area (Å²) in [7, 11) is 0. The number of rotatable bonds is 4. The lowest BCUT2D eigenvalue weighted by atomic mass is 10.1. The van der Waals surface area contributed by atoms with E-state index in [9.17, 15) is 4.79 Å². The van der Waals surface area contributed by atoms with Gasteiger partial charge in [0.25, 0.3) is 0 Å².